The van der Waals surface area contributed by atoms with Crippen molar-refractivity contribution >= 4 is 40.8 Å². The Morgan fingerprint density at radius 3 is 2.64 bits per heavy atom. The lowest BCUT2D eigenvalue weighted by Crippen LogP contribution is -2.27. The van der Waals surface area contributed by atoms with Crippen molar-refractivity contribution in [2.75, 3.05) is 32.6 Å². The Morgan fingerprint density at radius 2 is 1.93 bits per heavy atom. The number of likely N-dealkylation sites (N-methyl/N-ethyl adjacent to an activating group) is 1. The van der Waals surface area contributed by atoms with Gasteiger partial charge in [-0.25, -0.2) is 0 Å². The van der Waals surface area contributed by atoms with Gasteiger partial charge >= 0.3 is 0 Å². The normalized spacial score (nSPS) is 13.9. The van der Waals surface area contributed by atoms with Gasteiger partial charge in [0.05, 0.1) is 12.3 Å². The molecule has 0 aromatic heterocycles. The van der Waals surface area contributed by atoms with E-state index < -0.39 is 0 Å². The van der Waals surface area contributed by atoms with Gasteiger partial charge in [-0.15, -0.1) is 0 Å². The first-order valence-corrected chi connectivity index (χ1v) is 9.19. The number of halogens is 1. The van der Waals surface area contributed by atoms with E-state index in [-0.39, 0.29) is 18.4 Å². The minimum absolute atomic E-state index is 0.0793. The van der Waals surface area contributed by atoms with Crippen LogP contribution in [0.1, 0.15) is 18.1 Å². The van der Waals surface area contributed by atoms with E-state index in [2.05, 4.69) is 5.32 Å². The van der Waals surface area contributed by atoms with Crippen LogP contribution >= 0.6 is 11.6 Å². The van der Waals surface area contributed by atoms with Crippen molar-refractivity contribution in [1.82, 2.24) is 4.90 Å². The molecule has 1 heterocycles. The molecule has 1 N–H and O–H groups in total. The molecule has 0 unspecified atom stereocenters. The number of anilines is 1. The summed E-state index contributed by atoms with van der Waals surface area (Å²) in [6, 6.07) is 10.6. The van der Waals surface area contributed by atoms with Crippen LogP contribution in [-0.4, -0.2) is 44.0 Å². The van der Waals surface area contributed by atoms with Crippen molar-refractivity contribution in [2.24, 2.45) is 0 Å². The fourth-order valence-corrected chi connectivity index (χ4v) is 2.92. The SMILES string of the molecule is CCOc1cc(C=C2C(=O)Nc3cc(Cl)ccc32)ccc1OCC(=O)N(C)C. The van der Waals surface area contributed by atoms with E-state index in [1.54, 1.807) is 44.4 Å². The zero-order valence-corrected chi connectivity index (χ0v) is 16.7. The summed E-state index contributed by atoms with van der Waals surface area (Å²) in [5.74, 6) is 0.652. The number of benzene rings is 2. The van der Waals surface area contributed by atoms with Crippen molar-refractivity contribution in [3.8, 4) is 11.5 Å². The third-order valence-electron chi connectivity index (χ3n) is 4.19. The summed E-state index contributed by atoms with van der Waals surface area (Å²) >= 11 is 6.00. The molecule has 2 amide bonds. The second-order valence-corrected chi connectivity index (χ2v) is 6.85. The highest BCUT2D eigenvalue weighted by Gasteiger charge is 2.24. The van der Waals surface area contributed by atoms with Crippen molar-refractivity contribution < 1.29 is 19.1 Å². The van der Waals surface area contributed by atoms with Gasteiger partial charge in [-0.3, -0.25) is 9.59 Å². The van der Waals surface area contributed by atoms with E-state index in [1.165, 1.54) is 4.90 Å². The van der Waals surface area contributed by atoms with Crippen molar-refractivity contribution in [3.63, 3.8) is 0 Å². The first-order valence-electron chi connectivity index (χ1n) is 8.81. The van der Waals surface area contributed by atoms with E-state index in [9.17, 15) is 9.59 Å². The van der Waals surface area contributed by atoms with Gasteiger partial charge in [0, 0.05) is 30.3 Å². The van der Waals surface area contributed by atoms with Crippen LogP contribution in [0.5, 0.6) is 11.5 Å². The zero-order chi connectivity index (χ0) is 20.3. The van der Waals surface area contributed by atoms with Gasteiger partial charge in [-0.05, 0) is 42.8 Å². The highest BCUT2D eigenvalue weighted by Crippen LogP contribution is 2.36. The fraction of sp³-hybridized carbons (Fsp3) is 0.238. The lowest BCUT2D eigenvalue weighted by atomic mass is 10.0. The summed E-state index contributed by atoms with van der Waals surface area (Å²) in [7, 11) is 3.34. The average molecular weight is 401 g/mol. The zero-order valence-electron chi connectivity index (χ0n) is 15.9. The van der Waals surface area contributed by atoms with Crippen LogP contribution in [0.3, 0.4) is 0 Å². The largest absolute Gasteiger partial charge is 0.490 e. The van der Waals surface area contributed by atoms with E-state index >= 15 is 0 Å². The third kappa shape index (κ3) is 4.28. The lowest BCUT2D eigenvalue weighted by molar-refractivity contribution is -0.130. The number of amides is 2. The minimum atomic E-state index is -0.188. The van der Waals surface area contributed by atoms with Gasteiger partial charge in [0.25, 0.3) is 11.8 Å². The molecule has 0 aliphatic carbocycles. The van der Waals surface area contributed by atoms with Crippen molar-refractivity contribution in [2.45, 2.75) is 6.92 Å². The molecule has 2 aromatic rings. The predicted octanol–water partition coefficient (Wildman–Crippen LogP) is 3.70. The molecule has 0 spiro atoms. The van der Waals surface area contributed by atoms with Crippen LogP contribution in [0, 0.1) is 0 Å². The van der Waals surface area contributed by atoms with Crippen LogP contribution in [0.2, 0.25) is 5.02 Å². The summed E-state index contributed by atoms with van der Waals surface area (Å²) in [5, 5.41) is 3.38. The van der Waals surface area contributed by atoms with Crippen LogP contribution in [-0.2, 0) is 9.59 Å². The van der Waals surface area contributed by atoms with Crippen LogP contribution in [0.4, 0.5) is 5.69 Å². The number of hydrogen-bond acceptors (Lipinski definition) is 4. The number of ether oxygens (including phenoxy) is 2. The van der Waals surface area contributed by atoms with E-state index in [1.807, 2.05) is 19.1 Å². The Bertz CT molecular complexity index is 953. The Morgan fingerprint density at radius 1 is 1.14 bits per heavy atom. The van der Waals surface area contributed by atoms with Crippen LogP contribution in [0.25, 0.3) is 11.6 Å². The van der Waals surface area contributed by atoms with Gasteiger partial charge < -0.3 is 19.7 Å². The Kier molecular flexibility index (Phi) is 5.90. The number of carbonyl (C=O) groups is 2. The molecule has 7 heteroatoms. The molecule has 146 valence electrons. The number of rotatable bonds is 6. The van der Waals surface area contributed by atoms with E-state index in [0.717, 1.165) is 11.1 Å². The summed E-state index contributed by atoms with van der Waals surface area (Å²) in [4.78, 5) is 25.6. The van der Waals surface area contributed by atoms with Crippen molar-refractivity contribution in [1.29, 1.82) is 0 Å². The molecule has 6 nitrogen and oxygen atoms in total. The molecular formula is C21H21ClN2O4. The van der Waals surface area contributed by atoms with Gasteiger partial charge in [-0.1, -0.05) is 23.7 Å². The fourth-order valence-electron chi connectivity index (χ4n) is 2.75. The quantitative estimate of drug-likeness (QED) is 0.751. The molecule has 0 saturated carbocycles. The predicted molar refractivity (Wildman–Crippen MR) is 110 cm³/mol. The van der Waals surface area contributed by atoms with Gasteiger partial charge in [0.15, 0.2) is 18.1 Å². The molecule has 0 saturated heterocycles. The first kappa shape index (κ1) is 19.8. The first-order chi connectivity index (χ1) is 13.4. The van der Waals surface area contributed by atoms with Gasteiger partial charge in [-0.2, -0.15) is 0 Å². The highest BCUT2D eigenvalue weighted by atomic mass is 35.5. The topological polar surface area (TPSA) is 67.9 Å². The molecule has 0 radical (unpaired) electrons. The second kappa shape index (κ2) is 8.35. The number of carbonyl (C=O) groups excluding carboxylic acids is 2. The Hall–Kier alpha value is -2.99. The molecule has 1 aliphatic heterocycles. The van der Waals surface area contributed by atoms with Crippen molar-refractivity contribution in [3.05, 3.63) is 52.5 Å². The number of hydrogen-bond donors (Lipinski definition) is 1. The summed E-state index contributed by atoms with van der Waals surface area (Å²) in [6.07, 6.45) is 1.78. The molecule has 0 bridgehead atoms. The van der Waals surface area contributed by atoms with E-state index in [0.29, 0.717) is 34.4 Å². The monoisotopic (exact) mass is 400 g/mol. The standard InChI is InChI=1S/C21H21ClN2O4/c1-4-27-19-10-13(5-8-18(19)28-12-20(25)24(2)3)9-16-15-7-6-14(22)11-17(15)23-21(16)26/h5-11H,4,12H2,1-3H3,(H,23,26). The summed E-state index contributed by atoms with van der Waals surface area (Å²) in [6.45, 7) is 2.23. The Labute approximate surface area is 168 Å². The maximum absolute atomic E-state index is 12.3. The minimum Gasteiger partial charge on any atom is -0.490 e. The lowest BCUT2D eigenvalue weighted by Gasteiger charge is -2.14. The molecule has 3 rings (SSSR count). The molecule has 28 heavy (non-hydrogen) atoms. The summed E-state index contributed by atoms with van der Waals surface area (Å²) in [5.41, 5.74) is 2.81. The molecule has 0 atom stereocenters. The maximum atomic E-state index is 12.3. The number of nitrogens with zero attached hydrogens (tertiary/aromatic N) is 1. The second-order valence-electron chi connectivity index (χ2n) is 6.42. The molecule has 0 fully saturated rings. The van der Waals surface area contributed by atoms with Gasteiger partial charge in [0.2, 0.25) is 0 Å². The summed E-state index contributed by atoms with van der Waals surface area (Å²) < 4.78 is 11.2. The van der Waals surface area contributed by atoms with Crippen LogP contribution in [0.15, 0.2) is 36.4 Å². The van der Waals surface area contributed by atoms with E-state index in [4.69, 9.17) is 21.1 Å². The molecule has 2 aromatic carbocycles. The van der Waals surface area contributed by atoms with Gasteiger partial charge in [0.1, 0.15) is 0 Å². The maximum Gasteiger partial charge on any atom is 0.259 e. The Balaban J connectivity index is 1.89. The molecule has 1 aliphatic rings. The smallest absolute Gasteiger partial charge is 0.259 e. The third-order valence-corrected chi connectivity index (χ3v) is 4.43. The van der Waals surface area contributed by atoms with Crippen LogP contribution < -0.4 is 14.8 Å². The average Bonchev–Trinajstić information content (AvgIpc) is 2.95. The number of fused-ring (bicyclic) bond motifs is 1. The molecular weight excluding hydrogens is 380 g/mol. The highest BCUT2D eigenvalue weighted by molar-refractivity contribution is 6.36. The number of nitrogens with one attached hydrogen (secondary N) is 1.